The molecule has 5 heteroatoms. The second-order valence-corrected chi connectivity index (χ2v) is 5.59. The van der Waals surface area contributed by atoms with Crippen LogP contribution in [0.15, 0.2) is 30.6 Å². The summed E-state index contributed by atoms with van der Waals surface area (Å²) >= 11 is 0. The Labute approximate surface area is 125 Å². The molecule has 0 spiro atoms. The van der Waals surface area contributed by atoms with Gasteiger partial charge in [-0.1, -0.05) is 32.4 Å². The normalized spacial score (nSPS) is 14.1. The molecule has 1 aromatic heterocycles. The van der Waals surface area contributed by atoms with Crippen LogP contribution in [0, 0.1) is 5.92 Å². The van der Waals surface area contributed by atoms with Crippen molar-refractivity contribution >= 4 is 16.9 Å². The molecule has 114 valence electrons. The Balaban J connectivity index is 2.11. The van der Waals surface area contributed by atoms with Crippen LogP contribution >= 0.6 is 0 Å². The number of aryl methyl sites for hydroxylation is 1. The number of amides is 1. The van der Waals surface area contributed by atoms with Crippen molar-refractivity contribution < 1.29 is 14.5 Å². The Kier molecular flexibility index (Phi) is 4.96. The van der Waals surface area contributed by atoms with Gasteiger partial charge in [0.15, 0.2) is 17.6 Å². The zero-order chi connectivity index (χ0) is 15.4. The molecular weight excluding hydrogens is 266 g/mol. The molecule has 0 aliphatic heterocycles. The van der Waals surface area contributed by atoms with Crippen LogP contribution in [0.2, 0.25) is 0 Å². The zero-order valence-corrected chi connectivity index (χ0v) is 12.9. The van der Waals surface area contributed by atoms with Gasteiger partial charge in [-0.25, -0.2) is 9.13 Å². The highest BCUT2D eigenvalue weighted by atomic mass is 16.3. The van der Waals surface area contributed by atoms with Crippen molar-refractivity contribution in [3.63, 3.8) is 0 Å². The first kappa shape index (κ1) is 15.5. The fraction of sp³-hybridized carbons (Fsp3) is 0.500. The Morgan fingerprint density at radius 3 is 2.81 bits per heavy atom. The molecule has 2 rings (SSSR count). The van der Waals surface area contributed by atoms with E-state index < -0.39 is 0 Å². The predicted molar refractivity (Wildman–Crippen MR) is 81.6 cm³/mol. The molecule has 0 saturated heterocycles. The third-order valence-electron chi connectivity index (χ3n) is 4.07. The Morgan fingerprint density at radius 1 is 1.43 bits per heavy atom. The van der Waals surface area contributed by atoms with Crippen LogP contribution in [-0.4, -0.2) is 28.2 Å². The number of hydrogen-bond donors (Lipinski definition) is 2. The molecule has 0 aliphatic rings. The van der Waals surface area contributed by atoms with Crippen molar-refractivity contribution in [1.82, 2.24) is 9.88 Å². The summed E-state index contributed by atoms with van der Waals surface area (Å²) in [6.07, 6.45) is 2.84. The Bertz CT molecular complexity index is 621. The number of carbonyl (C=O) groups is 1. The van der Waals surface area contributed by atoms with E-state index in [1.165, 1.54) is 0 Å². The fourth-order valence-electron chi connectivity index (χ4n) is 2.52. The average Bonchev–Trinajstić information content (AvgIpc) is 2.81. The molecule has 2 N–H and O–H groups in total. The third kappa shape index (κ3) is 3.42. The lowest BCUT2D eigenvalue weighted by atomic mass is 10.00. The number of fused-ring (bicyclic) bond motifs is 1. The predicted octanol–water partition coefficient (Wildman–Crippen LogP) is 0.989. The van der Waals surface area contributed by atoms with Crippen molar-refractivity contribution in [2.45, 2.75) is 32.9 Å². The molecule has 21 heavy (non-hydrogen) atoms. The highest BCUT2D eigenvalue weighted by molar-refractivity contribution is 5.79. The number of hydrogen-bond acceptors (Lipinski definition) is 2. The minimum absolute atomic E-state index is 0.0268. The summed E-state index contributed by atoms with van der Waals surface area (Å²) in [6, 6.07) is 7.79. The van der Waals surface area contributed by atoms with E-state index in [-0.39, 0.29) is 31.0 Å². The first-order valence-electron chi connectivity index (χ1n) is 7.40. The molecule has 1 unspecified atom stereocenters. The summed E-state index contributed by atoms with van der Waals surface area (Å²) in [5.41, 5.74) is 2.12. The van der Waals surface area contributed by atoms with E-state index in [1.807, 2.05) is 53.7 Å². The quantitative estimate of drug-likeness (QED) is 0.780. The number of aliphatic hydroxyl groups excluding tert-OH is 1. The number of aromatic nitrogens is 2. The standard InChI is InChI=1S/C16H23N3O2/c1-4-12(2)13(10-20)17-16(21)9-19-11-18(3)14-7-5-6-8-15(14)19/h5-8,11-13,20H,4,9-10H2,1-3H3/p+1/t12?,13-/m1/s1. The monoisotopic (exact) mass is 290 g/mol. The number of aliphatic hydroxyl groups is 1. The van der Waals surface area contributed by atoms with Gasteiger partial charge in [-0.3, -0.25) is 4.79 Å². The first-order chi connectivity index (χ1) is 10.1. The largest absolute Gasteiger partial charge is 0.394 e. The second kappa shape index (κ2) is 6.72. The maximum Gasteiger partial charge on any atom is 0.262 e. The van der Waals surface area contributed by atoms with Crippen molar-refractivity contribution in [2.75, 3.05) is 6.61 Å². The van der Waals surface area contributed by atoms with E-state index in [4.69, 9.17) is 0 Å². The molecule has 0 radical (unpaired) electrons. The number of benzene rings is 1. The highest BCUT2D eigenvalue weighted by Gasteiger charge is 2.20. The lowest BCUT2D eigenvalue weighted by molar-refractivity contribution is -0.645. The van der Waals surface area contributed by atoms with Gasteiger partial charge in [-0.05, 0) is 18.1 Å². The van der Waals surface area contributed by atoms with Crippen molar-refractivity contribution in [3.05, 3.63) is 30.6 Å². The van der Waals surface area contributed by atoms with Crippen LogP contribution in [0.1, 0.15) is 20.3 Å². The summed E-state index contributed by atoms with van der Waals surface area (Å²) in [7, 11) is 1.96. The molecule has 5 nitrogen and oxygen atoms in total. The summed E-state index contributed by atoms with van der Waals surface area (Å²) in [4.78, 5) is 12.2. The summed E-state index contributed by atoms with van der Waals surface area (Å²) < 4.78 is 3.93. The van der Waals surface area contributed by atoms with Crippen LogP contribution in [-0.2, 0) is 18.4 Å². The summed E-state index contributed by atoms with van der Waals surface area (Å²) in [6.45, 7) is 4.32. The minimum atomic E-state index is -0.182. The van der Waals surface area contributed by atoms with Crippen LogP contribution < -0.4 is 9.88 Å². The third-order valence-corrected chi connectivity index (χ3v) is 4.07. The fourth-order valence-corrected chi connectivity index (χ4v) is 2.52. The maximum absolute atomic E-state index is 12.2. The average molecular weight is 290 g/mol. The van der Waals surface area contributed by atoms with Gasteiger partial charge in [-0.2, -0.15) is 0 Å². The van der Waals surface area contributed by atoms with Crippen molar-refractivity contribution in [3.8, 4) is 0 Å². The molecular formula is C16H24N3O2+. The van der Waals surface area contributed by atoms with Gasteiger partial charge in [0.05, 0.1) is 19.7 Å². The van der Waals surface area contributed by atoms with Gasteiger partial charge in [0.25, 0.3) is 5.91 Å². The van der Waals surface area contributed by atoms with Crippen LogP contribution in [0.5, 0.6) is 0 Å². The Hall–Kier alpha value is -1.88. The number of nitrogens with one attached hydrogen (secondary N) is 1. The number of nitrogens with zero attached hydrogens (tertiary/aromatic N) is 2. The molecule has 0 aliphatic carbocycles. The second-order valence-electron chi connectivity index (χ2n) is 5.59. The van der Waals surface area contributed by atoms with E-state index in [9.17, 15) is 9.90 Å². The minimum Gasteiger partial charge on any atom is -0.394 e. The van der Waals surface area contributed by atoms with Gasteiger partial charge in [0, 0.05) is 0 Å². The smallest absolute Gasteiger partial charge is 0.262 e. The zero-order valence-electron chi connectivity index (χ0n) is 12.9. The van der Waals surface area contributed by atoms with E-state index in [1.54, 1.807) is 0 Å². The van der Waals surface area contributed by atoms with Gasteiger partial charge < -0.3 is 10.4 Å². The number of rotatable bonds is 6. The molecule has 2 atom stereocenters. The van der Waals surface area contributed by atoms with Gasteiger partial charge in [0.2, 0.25) is 6.33 Å². The van der Waals surface area contributed by atoms with E-state index in [2.05, 4.69) is 12.2 Å². The molecule has 1 amide bonds. The number of imidazole rings is 1. The molecule has 0 fully saturated rings. The number of carbonyl (C=O) groups excluding carboxylic acids is 1. The first-order valence-corrected chi connectivity index (χ1v) is 7.40. The van der Waals surface area contributed by atoms with Gasteiger partial charge in [-0.15, -0.1) is 0 Å². The molecule has 2 aromatic rings. The van der Waals surface area contributed by atoms with Crippen molar-refractivity contribution in [1.29, 1.82) is 0 Å². The Morgan fingerprint density at radius 2 is 2.14 bits per heavy atom. The van der Waals surface area contributed by atoms with Crippen LogP contribution in [0.3, 0.4) is 0 Å². The molecule has 1 heterocycles. The molecule has 0 bridgehead atoms. The lowest BCUT2D eigenvalue weighted by Crippen LogP contribution is -2.43. The van der Waals surface area contributed by atoms with E-state index in [0.717, 1.165) is 17.5 Å². The van der Waals surface area contributed by atoms with Gasteiger partial charge >= 0.3 is 0 Å². The summed E-state index contributed by atoms with van der Waals surface area (Å²) in [5, 5.41) is 12.3. The summed E-state index contributed by atoms with van der Waals surface area (Å²) in [5.74, 6) is 0.187. The lowest BCUT2D eigenvalue weighted by Gasteiger charge is -2.21. The number of para-hydroxylation sites is 2. The van der Waals surface area contributed by atoms with Crippen molar-refractivity contribution in [2.24, 2.45) is 13.0 Å². The van der Waals surface area contributed by atoms with Gasteiger partial charge in [0.1, 0.15) is 0 Å². The highest BCUT2D eigenvalue weighted by Crippen LogP contribution is 2.10. The van der Waals surface area contributed by atoms with E-state index >= 15 is 0 Å². The SMILES string of the molecule is CCC(C)[C@@H](CO)NC(=O)Cn1c[n+](C)c2ccccc21. The maximum atomic E-state index is 12.2. The molecule has 1 aromatic carbocycles. The topological polar surface area (TPSA) is 58.1 Å². The van der Waals surface area contributed by atoms with Crippen LogP contribution in [0.25, 0.3) is 11.0 Å². The molecule has 0 saturated carbocycles. The van der Waals surface area contributed by atoms with E-state index in [0.29, 0.717) is 0 Å². The van der Waals surface area contributed by atoms with Crippen LogP contribution in [0.4, 0.5) is 0 Å².